The van der Waals surface area contributed by atoms with Crippen LogP contribution in [0.3, 0.4) is 0 Å². The van der Waals surface area contributed by atoms with Crippen molar-refractivity contribution in [3.63, 3.8) is 0 Å². The zero-order valence-corrected chi connectivity index (χ0v) is 12.8. The van der Waals surface area contributed by atoms with Gasteiger partial charge in [-0.05, 0) is 22.6 Å². The van der Waals surface area contributed by atoms with Gasteiger partial charge in [-0.3, -0.25) is 9.59 Å². The van der Waals surface area contributed by atoms with Crippen LogP contribution >= 0.6 is 22.6 Å². The molecule has 1 aromatic rings. The molecule has 104 valence electrons. The molecule has 0 amide bonds. The first-order valence-corrected chi connectivity index (χ1v) is 6.80. The average molecular weight is 379 g/mol. The molecule has 0 saturated carbocycles. The highest BCUT2D eigenvalue weighted by Gasteiger charge is 2.19. The number of hydrogen-bond acceptors (Lipinski definition) is 6. The van der Waals surface area contributed by atoms with Gasteiger partial charge in [-0.1, -0.05) is 13.8 Å². The number of ether oxygens (including phenoxy) is 2. The summed E-state index contributed by atoms with van der Waals surface area (Å²) in [4.78, 5) is 26.6. The van der Waals surface area contributed by atoms with E-state index in [-0.39, 0.29) is 31.1 Å². The third-order valence-electron chi connectivity index (χ3n) is 2.19. The van der Waals surface area contributed by atoms with Crippen LogP contribution in [0.5, 0.6) is 11.6 Å². The Labute approximate surface area is 124 Å². The van der Waals surface area contributed by atoms with E-state index in [9.17, 15) is 9.59 Å². The van der Waals surface area contributed by atoms with E-state index in [1.807, 2.05) is 22.6 Å². The van der Waals surface area contributed by atoms with Crippen molar-refractivity contribution >= 4 is 34.5 Å². The quantitative estimate of drug-likeness (QED) is 0.621. The Hall–Kier alpha value is -1.22. The van der Waals surface area contributed by atoms with Gasteiger partial charge in [0.1, 0.15) is 0 Å². The summed E-state index contributed by atoms with van der Waals surface area (Å²) < 4.78 is 10.6. The molecule has 7 heteroatoms. The Bertz CT molecular complexity index is 489. The maximum absolute atomic E-state index is 11.4. The van der Waals surface area contributed by atoms with Crippen molar-refractivity contribution in [2.45, 2.75) is 33.3 Å². The van der Waals surface area contributed by atoms with Crippen molar-refractivity contribution < 1.29 is 24.2 Å². The number of hydrogen-bond donors (Lipinski definition) is 1. The Kier molecular flexibility index (Phi) is 6.16. The standard InChI is InChI=1S/C12H14INO5/c1-3-8(16)18-11-10(13)7(6-15)5-14-12(11)19-9(17)4-2/h5,15H,3-4,6H2,1-2H3. The molecule has 1 aromatic heterocycles. The first-order chi connectivity index (χ1) is 9.03. The lowest BCUT2D eigenvalue weighted by Gasteiger charge is -2.12. The van der Waals surface area contributed by atoms with Gasteiger partial charge in [0, 0.05) is 24.6 Å². The van der Waals surface area contributed by atoms with Gasteiger partial charge in [0.25, 0.3) is 5.88 Å². The predicted octanol–water partition coefficient (Wildman–Crippen LogP) is 1.81. The number of aromatic nitrogens is 1. The number of nitrogens with zero attached hydrogens (tertiary/aromatic N) is 1. The van der Waals surface area contributed by atoms with E-state index < -0.39 is 11.9 Å². The molecule has 0 saturated heterocycles. The van der Waals surface area contributed by atoms with Crippen molar-refractivity contribution in [1.82, 2.24) is 4.98 Å². The summed E-state index contributed by atoms with van der Waals surface area (Å²) in [5, 5.41) is 9.16. The van der Waals surface area contributed by atoms with Crippen molar-refractivity contribution in [2.24, 2.45) is 0 Å². The summed E-state index contributed by atoms with van der Waals surface area (Å²) in [5.74, 6) is -0.937. The minimum atomic E-state index is -0.478. The summed E-state index contributed by atoms with van der Waals surface area (Å²) in [5.41, 5.74) is 0.496. The third-order valence-corrected chi connectivity index (χ3v) is 3.37. The van der Waals surface area contributed by atoms with Crippen LogP contribution in [0.15, 0.2) is 6.20 Å². The Morgan fingerprint density at radius 1 is 1.26 bits per heavy atom. The van der Waals surface area contributed by atoms with Gasteiger partial charge >= 0.3 is 11.9 Å². The summed E-state index contributed by atoms with van der Waals surface area (Å²) in [7, 11) is 0. The fourth-order valence-corrected chi connectivity index (χ4v) is 1.78. The highest BCUT2D eigenvalue weighted by molar-refractivity contribution is 14.1. The van der Waals surface area contributed by atoms with Crippen LogP contribution in [0.4, 0.5) is 0 Å². The lowest BCUT2D eigenvalue weighted by atomic mass is 10.3. The second-order valence-corrected chi connectivity index (χ2v) is 4.62. The number of rotatable bonds is 5. The van der Waals surface area contributed by atoms with Gasteiger partial charge in [0.05, 0.1) is 10.2 Å². The van der Waals surface area contributed by atoms with Crippen molar-refractivity contribution in [2.75, 3.05) is 0 Å². The van der Waals surface area contributed by atoms with Crippen molar-refractivity contribution in [3.05, 3.63) is 15.3 Å². The lowest BCUT2D eigenvalue weighted by molar-refractivity contribution is -0.137. The molecule has 6 nitrogen and oxygen atoms in total. The van der Waals surface area contributed by atoms with E-state index in [0.29, 0.717) is 9.13 Å². The van der Waals surface area contributed by atoms with E-state index in [1.54, 1.807) is 13.8 Å². The van der Waals surface area contributed by atoms with Gasteiger partial charge in [-0.2, -0.15) is 0 Å². The molecule has 1 heterocycles. The second kappa shape index (κ2) is 7.39. The molecule has 1 rings (SSSR count). The maximum atomic E-state index is 11.4. The summed E-state index contributed by atoms with van der Waals surface area (Å²) >= 11 is 1.91. The zero-order chi connectivity index (χ0) is 14.4. The van der Waals surface area contributed by atoms with Crippen molar-refractivity contribution in [3.8, 4) is 11.6 Å². The molecule has 0 fully saturated rings. The van der Waals surface area contributed by atoms with Crippen LogP contribution in [0.25, 0.3) is 0 Å². The van der Waals surface area contributed by atoms with E-state index >= 15 is 0 Å². The smallest absolute Gasteiger partial charge is 0.312 e. The first kappa shape index (κ1) is 15.8. The highest BCUT2D eigenvalue weighted by Crippen LogP contribution is 2.33. The van der Waals surface area contributed by atoms with Crippen LogP contribution in [-0.2, 0) is 16.2 Å². The molecule has 0 bridgehead atoms. The minimum Gasteiger partial charge on any atom is -0.420 e. The third kappa shape index (κ3) is 4.13. The fraction of sp³-hybridized carbons (Fsp3) is 0.417. The fourth-order valence-electron chi connectivity index (χ4n) is 1.13. The van der Waals surface area contributed by atoms with Crippen LogP contribution in [0, 0.1) is 3.57 Å². The number of esters is 2. The van der Waals surface area contributed by atoms with E-state index in [2.05, 4.69) is 4.98 Å². The van der Waals surface area contributed by atoms with E-state index in [1.165, 1.54) is 6.20 Å². The number of pyridine rings is 1. The Morgan fingerprint density at radius 2 is 1.84 bits per heavy atom. The summed E-state index contributed by atoms with van der Waals surface area (Å²) in [6.07, 6.45) is 1.74. The summed E-state index contributed by atoms with van der Waals surface area (Å²) in [6, 6.07) is 0. The summed E-state index contributed by atoms with van der Waals surface area (Å²) in [6.45, 7) is 3.05. The monoisotopic (exact) mass is 379 g/mol. The Morgan fingerprint density at radius 3 is 2.37 bits per heavy atom. The first-order valence-electron chi connectivity index (χ1n) is 5.73. The van der Waals surface area contributed by atoms with Crippen molar-refractivity contribution in [1.29, 1.82) is 0 Å². The van der Waals surface area contributed by atoms with Crippen LogP contribution < -0.4 is 9.47 Å². The number of aliphatic hydroxyl groups is 1. The van der Waals surface area contributed by atoms with E-state index in [4.69, 9.17) is 14.6 Å². The van der Waals surface area contributed by atoms with Gasteiger partial charge in [0.2, 0.25) is 5.75 Å². The molecule has 0 aliphatic rings. The van der Waals surface area contributed by atoms with Gasteiger partial charge in [-0.15, -0.1) is 0 Å². The van der Waals surface area contributed by atoms with Crippen LogP contribution in [0.1, 0.15) is 32.3 Å². The largest absolute Gasteiger partial charge is 0.420 e. The minimum absolute atomic E-state index is 0.0600. The normalized spacial score (nSPS) is 10.1. The second-order valence-electron chi connectivity index (χ2n) is 3.55. The molecule has 0 atom stereocenters. The Balaban J connectivity index is 3.18. The molecular weight excluding hydrogens is 365 g/mol. The number of carbonyl (C=O) groups is 2. The highest BCUT2D eigenvalue weighted by atomic mass is 127. The number of carbonyl (C=O) groups excluding carboxylic acids is 2. The maximum Gasteiger partial charge on any atom is 0.312 e. The van der Waals surface area contributed by atoms with Crippen LogP contribution in [-0.4, -0.2) is 22.0 Å². The number of aliphatic hydroxyl groups excluding tert-OH is 1. The average Bonchev–Trinajstić information content (AvgIpc) is 2.42. The topological polar surface area (TPSA) is 85.7 Å². The zero-order valence-electron chi connectivity index (χ0n) is 10.6. The molecule has 0 spiro atoms. The molecule has 0 radical (unpaired) electrons. The van der Waals surface area contributed by atoms with Crippen LogP contribution in [0.2, 0.25) is 0 Å². The van der Waals surface area contributed by atoms with Gasteiger partial charge in [-0.25, -0.2) is 4.98 Å². The molecule has 0 aliphatic heterocycles. The number of halogens is 1. The lowest BCUT2D eigenvalue weighted by Crippen LogP contribution is -2.13. The molecule has 0 aromatic carbocycles. The molecular formula is C12H14INO5. The SMILES string of the molecule is CCC(=O)Oc1ncc(CO)c(I)c1OC(=O)CC. The molecule has 0 aliphatic carbocycles. The van der Waals surface area contributed by atoms with E-state index in [0.717, 1.165) is 0 Å². The van der Waals surface area contributed by atoms with Gasteiger partial charge in [0.15, 0.2) is 0 Å². The molecule has 19 heavy (non-hydrogen) atoms. The van der Waals surface area contributed by atoms with Gasteiger partial charge < -0.3 is 14.6 Å². The molecule has 1 N–H and O–H groups in total. The predicted molar refractivity (Wildman–Crippen MR) is 74.7 cm³/mol. The molecule has 0 unspecified atom stereocenters.